The Hall–Kier alpha value is 0.380. The Morgan fingerprint density at radius 3 is 2.40 bits per heavy atom. The van der Waals surface area contributed by atoms with Gasteiger partial charge in [-0.15, -0.1) is 26.8 Å². The summed E-state index contributed by atoms with van der Waals surface area (Å²) in [6.07, 6.45) is 0. The van der Waals surface area contributed by atoms with E-state index >= 15 is 0 Å². The highest BCUT2D eigenvalue weighted by atomic mass is 127. The van der Waals surface area contributed by atoms with E-state index in [2.05, 4.69) is 53.8 Å². The molecular weight excluding hydrogens is 254 g/mol. The van der Waals surface area contributed by atoms with Gasteiger partial charge in [0.1, 0.15) is 0 Å². The number of rotatable bonds is 2. The molecule has 1 rings (SSSR count). The summed E-state index contributed by atoms with van der Waals surface area (Å²) in [7, 11) is 1.42. The van der Waals surface area contributed by atoms with Crippen LogP contribution in [0.15, 0.2) is 24.3 Å². The van der Waals surface area contributed by atoms with Gasteiger partial charge in [-0.25, -0.2) is 5.30 Å². The molecule has 0 nitrogen and oxygen atoms in total. The zero-order valence-electron chi connectivity index (χ0n) is 5.84. The summed E-state index contributed by atoms with van der Waals surface area (Å²) in [5.41, 5.74) is 1.34. The third-order valence-electron chi connectivity index (χ3n) is 1.28. The van der Waals surface area contributed by atoms with Crippen LogP contribution in [0.3, 0.4) is 0 Å². The van der Waals surface area contributed by atoms with E-state index in [1.165, 1.54) is 23.6 Å². The van der Waals surface area contributed by atoms with Gasteiger partial charge in [-0.05, 0) is 6.92 Å². The van der Waals surface area contributed by atoms with Gasteiger partial charge in [0.15, 0.2) is 0 Å². The van der Waals surface area contributed by atoms with Gasteiger partial charge < -0.3 is 8.58 Å². The highest BCUT2D eigenvalue weighted by Gasteiger charge is 1.78. The number of hydrogen-bond donors (Lipinski definition) is 0. The minimum atomic E-state index is 1.18. The number of hydrogen-bond acceptors (Lipinski definition) is 0. The van der Waals surface area contributed by atoms with Gasteiger partial charge in [-0.2, -0.15) is 0 Å². The van der Waals surface area contributed by atoms with Crippen LogP contribution in [-0.2, 0) is 0 Å². The molecule has 1 aromatic rings. The number of aryl methyl sites for hydroxylation is 1. The molecule has 10 heavy (non-hydrogen) atoms. The Kier molecular flexibility index (Phi) is 3.64. The van der Waals surface area contributed by atoms with Crippen LogP contribution in [0.25, 0.3) is 0 Å². The summed E-state index contributed by atoms with van der Waals surface area (Å²) in [4.78, 5) is 0. The van der Waals surface area contributed by atoms with Gasteiger partial charge in [-0.3, -0.25) is 0 Å². The van der Waals surface area contributed by atoms with Crippen molar-refractivity contribution in [2.24, 2.45) is 0 Å². The first kappa shape index (κ1) is 8.48. The summed E-state index contributed by atoms with van der Waals surface area (Å²) in [5, 5.41) is 1.42. The van der Waals surface area contributed by atoms with Crippen LogP contribution in [-0.4, -0.2) is 4.17 Å². The monoisotopic (exact) mass is 263 g/mol. The standard InChI is InChI=1S/C8H9IP/c1-7-2-4-8(5-3-7)10-6-9/h2-5H,6H2,1H3/q-1. The molecule has 0 heterocycles. The molecule has 0 radical (unpaired) electrons. The predicted molar refractivity (Wildman–Crippen MR) is 56.6 cm³/mol. The normalized spacial score (nSPS) is 11.0. The van der Waals surface area contributed by atoms with Crippen LogP contribution in [0.5, 0.6) is 0 Å². The Balaban J connectivity index is 2.69. The molecular formula is C8H9IP-. The first-order chi connectivity index (χ1) is 4.83. The molecule has 0 aliphatic carbocycles. The number of benzene rings is 1. The van der Waals surface area contributed by atoms with E-state index in [4.69, 9.17) is 0 Å². The van der Waals surface area contributed by atoms with E-state index in [0.29, 0.717) is 0 Å². The number of alkyl halides is 1. The van der Waals surface area contributed by atoms with Crippen LogP contribution in [0.1, 0.15) is 5.56 Å². The SMILES string of the molecule is Cc1ccc([P-]CI)cc1. The first-order valence-electron chi connectivity index (χ1n) is 3.13. The second-order valence-corrected chi connectivity index (χ2v) is 5.23. The maximum absolute atomic E-state index is 2.39. The molecule has 0 atom stereocenters. The second-order valence-electron chi connectivity index (χ2n) is 2.11. The first-order valence-corrected chi connectivity index (χ1v) is 5.73. The lowest BCUT2D eigenvalue weighted by Gasteiger charge is -2.13. The molecule has 0 aliphatic rings. The molecule has 0 aromatic heterocycles. The summed E-state index contributed by atoms with van der Waals surface area (Å²) < 4.78 is 1.18. The average molecular weight is 263 g/mol. The third-order valence-corrected chi connectivity index (χ3v) is 3.08. The van der Waals surface area contributed by atoms with Crippen molar-refractivity contribution < 1.29 is 0 Å². The fraction of sp³-hybridized carbons (Fsp3) is 0.250. The van der Waals surface area contributed by atoms with Crippen molar-refractivity contribution in [3.8, 4) is 0 Å². The van der Waals surface area contributed by atoms with Gasteiger partial charge in [0, 0.05) is 0 Å². The predicted octanol–water partition coefficient (Wildman–Crippen LogP) is 2.96. The van der Waals surface area contributed by atoms with E-state index < -0.39 is 0 Å². The lowest BCUT2D eigenvalue weighted by Crippen LogP contribution is -1.91. The number of halogens is 1. The van der Waals surface area contributed by atoms with Crippen LogP contribution in [0.4, 0.5) is 0 Å². The van der Waals surface area contributed by atoms with E-state index in [0.717, 1.165) is 0 Å². The van der Waals surface area contributed by atoms with Crippen LogP contribution in [0, 0.1) is 6.92 Å². The minimum absolute atomic E-state index is 1.18. The van der Waals surface area contributed by atoms with Crippen molar-refractivity contribution in [3.05, 3.63) is 29.8 Å². The molecule has 2 heteroatoms. The maximum atomic E-state index is 2.39. The van der Waals surface area contributed by atoms with Crippen LogP contribution in [0.2, 0.25) is 0 Å². The Morgan fingerprint density at radius 2 is 1.90 bits per heavy atom. The fourth-order valence-corrected chi connectivity index (χ4v) is 2.40. The summed E-state index contributed by atoms with van der Waals surface area (Å²) >= 11 is 2.39. The summed E-state index contributed by atoms with van der Waals surface area (Å²) in [6.45, 7) is 2.12. The Morgan fingerprint density at radius 1 is 1.30 bits per heavy atom. The van der Waals surface area contributed by atoms with Crippen LogP contribution >= 0.6 is 31.2 Å². The zero-order valence-corrected chi connectivity index (χ0v) is 8.89. The molecule has 54 valence electrons. The van der Waals surface area contributed by atoms with E-state index in [1.807, 2.05) is 0 Å². The smallest absolute Gasteiger partial charge is 0.0398 e. The quantitative estimate of drug-likeness (QED) is 0.437. The molecule has 1 aromatic carbocycles. The molecule has 0 saturated heterocycles. The molecule has 0 amide bonds. The van der Waals surface area contributed by atoms with Crippen molar-refractivity contribution in [1.29, 1.82) is 0 Å². The molecule has 0 fully saturated rings. The molecule has 0 unspecified atom stereocenters. The van der Waals surface area contributed by atoms with Crippen molar-refractivity contribution >= 4 is 36.5 Å². The largest absolute Gasteiger partial charge is 0.495 e. The molecule has 0 N–H and O–H groups in total. The highest BCUT2D eigenvalue weighted by molar-refractivity contribution is 14.1. The summed E-state index contributed by atoms with van der Waals surface area (Å²) in [6, 6.07) is 8.70. The molecule has 0 bridgehead atoms. The molecule has 0 saturated carbocycles. The van der Waals surface area contributed by atoms with Gasteiger partial charge in [-0.1, -0.05) is 29.8 Å². The van der Waals surface area contributed by atoms with Crippen molar-refractivity contribution in [3.63, 3.8) is 0 Å². The minimum Gasteiger partial charge on any atom is -0.495 e. The fourth-order valence-electron chi connectivity index (χ4n) is 0.719. The van der Waals surface area contributed by atoms with Gasteiger partial charge >= 0.3 is 0 Å². The van der Waals surface area contributed by atoms with E-state index in [9.17, 15) is 0 Å². The average Bonchev–Trinajstić information content (AvgIpc) is 1.95. The Labute approximate surface area is 77.3 Å². The highest BCUT2D eigenvalue weighted by Crippen LogP contribution is 2.13. The molecule has 0 aliphatic heterocycles. The van der Waals surface area contributed by atoms with Crippen molar-refractivity contribution in [2.45, 2.75) is 6.92 Å². The van der Waals surface area contributed by atoms with Gasteiger partial charge in [0.25, 0.3) is 0 Å². The van der Waals surface area contributed by atoms with Crippen molar-refractivity contribution in [1.82, 2.24) is 0 Å². The second kappa shape index (κ2) is 4.30. The molecule has 0 spiro atoms. The van der Waals surface area contributed by atoms with Gasteiger partial charge in [0.05, 0.1) is 0 Å². The van der Waals surface area contributed by atoms with Crippen LogP contribution < -0.4 is 5.30 Å². The van der Waals surface area contributed by atoms with Gasteiger partial charge in [0.2, 0.25) is 0 Å². The zero-order chi connectivity index (χ0) is 7.40. The summed E-state index contributed by atoms with van der Waals surface area (Å²) in [5.74, 6) is 0. The maximum Gasteiger partial charge on any atom is -0.0398 e. The van der Waals surface area contributed by atoms with E-state index in [1.54, 1.807) is 0 Å². The lowest BCUT2D eigenvalue weighted by atomic mass is 10.2. The van der Waals surface area contributed by atoms with Crippen molar-refractivity contribution in [2.75, 3.05) is 4.17 Å². The topological polar surface area (TPSA) is 0 Å². The van der Waals surface area contributed by atoms with E-state index in [-0.39, 0.29) is 0 Å². The third kappa shape index (κ3) is 2.55. The lowest BCUT2D eigenvalue weighted by molar-refractivity contribution is 1.49. The Bertz CT molecular complexity index is 193.